The maximum atomic E-state index is 12.0. The Hall–Kier alpha value is -3.44. The fourth-order valence-electron chi connectivity index (χ4n) is 3.97. The molecule has 1 aliphatic carbocycles. The monoisotopic (exact) mass is 457 g/mol. The molecule has 0 atom stereocenters. The molecule has 2 aromatic rings. The number of anilines is 1. The molecular weight excluding hydrogens is 441 g/mol. The van der Waals surface area contributed by atoms with Crippen molar-refractivity contribution < 1.29 is 39.3 Å². The van der Waals surface area contributed by atoms with Gasteiger partial charge in [0.15, 0.2) is 0 Å². The molecule has 2 aromatic carbocycles. The Labute approximate surface area is 184 Å². The van der Waals surface area contributed by atoms with Crippen LogP contribution in [0.5, 0.6) is 0 Å². The van der Waals surface area contributed by atoms with Crippen LogP contribution in [0.1, 0.15) is 27.1 Å². The van der Waals surface area contributed by atoms with Crippen molar-refractivity contribution in [1.29, 1.82) is 0 Å². The van der Waals surface area contributed by atoms with Crippen LogP contribution < -0.4 is 4.90 Å². The first-order chi connectivity index (χ1) is 14.9. The number of carbonyl (C=O) groups is 2. The van der Waals surface area contributed by atoms with E-state index in [-0.39, 0.29) is 11.1 Å². The van der Waals surface area contributed by atoms with Crippen LogP contribution in [0.2, 0.25) is 0 Å². The summed E-state index contributed by atoms with van der Waals surface area (Å²) in [7, 11) is 0. The van der Waals surface area contributed by atoms with Crippen molar-refractivity contribution in [2.45, 2.75) is 6.42 Å². The molecule has 0 unspecified atom stereocenters. The fraction of sp³-hybridized carbons (Fsp3) is 0.125. The Kier molecular flexibility index (Phi) is 4.64. The van der Waals surface area contributed by atoms with Gasteiger partial charge in [0.1, 0.15) is 0 Å². The molecule has 2 N–H and O–H groups in total. The number of carboxylic acid groups (broad SMARTS) is 2. The van der Waals surface area contributed by atoms with Crippen molar-refractivity contribution in [1.82, 2.24) is 0 Å². The number of benzene rings is 3. The van der Waals surface area contributed by atoms with E-state index in [9.17, 15) is 19.8 Å². The molecule has 158 valence electrons. The minimum atomic E-state index is -1.13. The van der Waals surface area contributed by atoms with E-state index in [1.807, 2.05) is 18.2 Å². The molecule has 2 heterocycles. The molecule has 6 nitrogen and oxygen atoms in total. The summed E-state index contributed by atoms with van der Waals surface area (Å²) in [6.07, 6.45) is 1.14. The second-order valence-electron chi connectivity index (χ2n) is 7.47. The SMILES string of the molecule is O=C(O)c1ccc(C(=O)O)c(-c2c3cc[c](=[Ni])cc-3oc3cc(N4CCC4)ccc23)c1. The normalized spacial score (nSPS) is 13.4. The number of hydrogen-bond acceptors (Lipinski definition) is 4. The van der Waals surface area contributed by atoms with Gasteiger partial charge in [-0.2, -0.15) is 0 Å². The Balaban J connectivity index is 1.89. The zero-order valence-corrected chi connectivity index (χ0v) is 17.2. The summed E-state index contributed by atoms with van der Waals surface area (Å²) in [4.78, 5) is 25.8. The molecular formula is C24H17NNiO5. The predicted molar refractivity (Wildman–Crippen MR) is 112 cm³/mol. The van der Waals surface area contributed by atoms with Crippen molar-refractivity contribution >= 4 is 28.6 Å². The number of fused-ring (bicyclic) bond motifs is 2. The maximum absolute atomic E-state index is 12.0. The molecule has 0 radical (unpaired) electrons. The van der Waals surface area contributed by atoms with Crippen molar-refractivity contribution in [3.8, 4) is 22.5 Å². The predicted octanol–water partition coefficient (Wildman–Crippen LogP) is 4.89. The summed E-state index contributed by atoms with van der Waals surface area (Å²) < 4.78 is 6.81. The van der Waals surface area contributed by atoms with E-state index in [0.717, 1.165) is 25.2 Å². The molecule has 31 heavy (non-hydrogen) atoms. The Bertz CT molecular complexity index is 1400. The van der Waals surface area contributed by atoms with Gasteiger partial charge in [0, 0.05) is 0 Å². The number of rotatable bonds is 4. The number of nitrogens with zero attached hydrogens (tertiary/aromatic N) is 1. The number of aromatic carboxylic acids is 2. The number of hydrogen-bond donors (Lipinski definition) is 2. The zero-order chi connectivity index (χ0) is 21.7. The molecule has 3 aliphatic rings. The summed E-state index contributed by atoms with van der Waals surface area (Å²) in [5, 5.41) is 20.0. The third-order valence-electron chi connectivity index (χ3n) is 5.64. The van der Waals surface area contributed by atoms with Crippen LogP contribution >= 0.6 is 0 Å². The molecule has 0 bridgehead atoms. The van der Waals surface area contributed by atoms with Gasteiger partial charge in [-0.3, -0.25) is 0 Å². The van der Waals surface area contributed by atoms with Crippen molar-refractivity contribution in [2.24, 2.45) is 0 Å². The van der Waals surface area contributed by atoms with Gasteiger partial charge in [-0.1, -0.05) is 0 Å². The Morgan fingerprint density at radius 3 is 2.39 bits per heavy atom. The van der Waals surface area contributed by atoms with Gasteiger partial charge in [-0.25, -0.2) is 0 Å². The van der Waals surface area contributed by atoms with Crippen LogP contribution in [0.3, 0.4) is 0 Å². The summed E-state index contributed by atoms with van der Waals surface area (Å²) in [6, 6.07) is 15.2. The van der Waals surface area contributed by atoms with Gasteiger partial charge >= 0.3 is 185 Å². The van der Waals surface area contributed by atoms with Crippen molar-refractivity contribution in [3.05, 3.63) is 69.9 Å². The quantitative estimate of drug-likeness (QED) is 0.335. The Morgan fingerprint density at radius 1 is 0.903 bits per heavy atom. The van der Waals surface area contributed by atoms with E-state index >= 15 is 0 Å². The van der Waals surface area contributed by atoms with Crippen LogP contribution in [0.15, 0.2) is 59.0 Å². The van der Waals surface area contributed by atoms with Gasteiger partial charge < -0.3 is 0 Å². The van der Waals surface area contributed by atoms with Gasteiger partial charge in [0.2, 0.25) is 0 Å². The first kappa shape index (κ1) is 19.5. The van der Waals surface area contributed by atoms with Gasteiger partial charge in [-0.05, 0) is 0 Å². The van der Waals surface area contributed by atoms with Gasteiger partial charge in [0.25, 0.3) is 0 Å². The first-order valence-corrected chi connectivity index (χ1v) is 10.2. The van der Waals surface area contributed by atoms with Crippen molar-refractivity contribution in [2.75, 3.05) is 18.0 Å². The van der Waals surface area contributed by atoms with Crippen molar-refractivity contribution in [3.63, 3.8) is 0 Å². The summed E-state index contributed by atoms with van der Waals surface area (Å²) >= 11 is 4.97. The molecule has 0 saturated carbocycles. The van der Waals surface area contributed by atoms with E-state index < -0.39 is 11.9 Å². The number of carboxylic acids is 2. The van der Waals surface area contributed by atoms with E-state index in [4.69, 9.17) is 19.4 Å². The third kappa shape index (κ3) is 3.31. The molecule has 1 saturated heterocycles. The molecule has 5 rings (SSSR count). The van der Waals surface area contributed by atoms with Crippen LogP contribution in [0, 0.1) is 4.14 Å². The summed E-state index contributed by atoms with van der Waals surface area (Å²) in [5.74, 6) is -1.72. The van der Waals surface area contributed by atoms with Crippen LogP contribution in [-0.4, -0.2) is 35.2 Å². The van der Waals surface area contributed by atoms with Crippen LogP contribution in [-0.2, 0) is 15.0 Å². The standard InChI is InChI=1S/C24H17NO5.Ni/c26-23(27)14-6-8-16(24(28)29)19(12-14)22-17-4-1-2-5-20(17)30-21-13-15(7-9-18(21)22)25-10-3-11-25;/h1,4-9,12-13H,3,10-11H2,(H,26,27)(H,28,29);. The molecule has 1 fully saturated rings. The fourth-order valence-corrected chi connectivity index (χ4v) is 4.18. The Morgan fingerprint density at radius 2 is 1.71 bits per heavy atom. The van der Waals surface area contributed by atoms with Gasteiger partial charge in [0.05, 0.1) is 0 Å². The first-order valence-electron chi connectivity index (χ1n) is 9.74. The molecule has 0 spiro atoms. The van der Waals surface area contributed by atoms with E-state index in [0.29, 0.717) is 37.6 Å². The molecule has 7 heteroatoms. The second-order valence-corrected chi connectivity index (χ2v) is 8.04. The summed E-state index contributed by atoms with van der Waals surface area (Å²) in [5.41, 5.74) is 3.28. The van der Waals surface area contributed by atoms with Crippen LogP contribution in [0.4, 0.5) is 5.69 Å². The second kappa shape index (κ2) is 7.36. The molecule has 2 aliphatic heterocycles. The molecule has 0 aromatic heterocycles. The van der Waals surface area contributed by atoms with E-state index in [2.05, 4.69) is 4.90 Å². The topological polar surface area (TPSA) is 91.0 Å². The summed E-state index contributed by atoms with van der Waals surface area (Å²) in [6.45, 7) is 1.96. The minimum absolute atomic E-state index is 0.0152. The molecule has 0 amide bonds. The zero-order valence-electron chi connectivity index (χ0n) is 16.2. The van der Waals surface area contributed by atoms with E-state index in [1.54, 1.807) is 18.2 Å². The average Bonchev–Trinajstić information content (AvgIpc) is 2.70. The van der Waals surface area contributed by atoms with Gasteiger partial charge in [-0.15, -0.1) is 0 Å². The third-order valence-corrected chi connectivity index (χ3v) is 5.94. The average molecular weight is 458 g/mol. The van der Waals surface area contributed by atoms with Crippen LogP contribution in [0.25, 0.3) is 33.4 Å². The van der Waals surface area contributed by atoms with E-state index in [1.165, 1.54) is 18.2 Å².